The minimum atomic E-state index is -3.27. The molecule has 2 aromatic carbocycles. The molecule has 0 aliphatic carbocycles. The summed E-state index contributed by atoms with van der Waals surface area (Å²) in [5.74, 6) is -0.0676. The fourth-order valence-electron chi connectivity index (χ4n) is 2.39. The predicted octanol–water partition coefficient (Wildman–Crippen LogP) is 3.10. The Balaban J connectivity index is 1.90. The van der Waals surface area contributed by atoms with Crippen molar-refractivity contribution in [1.29, 1.82) is 0 Å². The van der Waals surface area contributed by atoms with E-state index in [0.717, 1.165) is 11.8 Å². The van der Waals surface area contributed by atoms with Gasteiger partial charge in [0.15, 0.2) is 21.4 Å². The molecule has 0 radical (unpaired) electrons. The Bertz CT molecular complexity index is 1120. The van der Waals surface area contributed by atoms with E-state index < -0.39 is 9.84 Å². The first-order valence-corrected chi connectivity index (χ1v) is 10.7. The number of sulfone groups is 1. The summed E-state index contributed by atoms with van der Waals surface area (Å²) < 4.78 is 23.1. The third-order valence-corrected chi connectivity index (χ3v) is 5.62. The summed E-state index contributed by atoms with van der Waals surface area (Å²) in [4.78, 5) is 8.79. The van der Waals surface area contributed by atoms with Crippen molar-refractivity contribution in [2.24, 2.45) is 10.1 Å². The lowest BCUT2D eigenvalue weighted by Crippen LogP contribution is -2.29. The first-order valence-electron chi connectivity index (χ1n) is 7.95. The van der Waals surface area contributed by atoms with Crippen LogP contribution in [0.2, 0.25) is 0 Å². The van der Waals surface area contributed by atoms with Crippen LogP contribution < -0.4 is 5.48 Å². The van der Waals surface area contributed by atoms with Crippen molar-refractivity contribution >= 4 is 37.9 Å². The van der Waals surface area contributed by atoms with Crippen molar-refractivity contribution in [2.45, 2.75) is 4.90 Å². The molecule has 1 aromatic heterocycles. The van der Waals surface area contributed by atoms with Gasteiger partial charge in [-0.15, -0.1) is 11.3 Å². The lowest BCUT2D eigenvalue weighted by atomic mass is 10.1. The van der Waals surface area contributed by atoms with Crippen LogP contribution in [0.4, 0.5) is 5.13 Å². The molecule has 3 aromatic rings. The number of rotatable bonds is 5. The third kappa shape index (κ3) is 4.42. The number of aromatic nitrogens is 1. The van der Waals surface area contributed by atoms with Crippen LogP contribution in [0.5, 0.6) is 0 Å². The van der Waals surface area contributed by atoms with Crippen molar-refractivity contribution in [3.63, 3.8) is 0 Å². The van der Waals surface area contributed by atoms with Crippen LogP contribution >= 0.6 is 11.3 Å². The molecule has 3 rings (SSSR count). The fourth-order valence-corrected chi connectivity index (χ4v) is 3.72. The minimum Gasteiger partial charge on any atom is -0.410 e. The van der Waals surface area contributed by atoms with Gasteiger partial charge >= 0.3 is 0 Å². The zero-order valence-corrected chi connectivity index (χ0v) is 16.3. The number of hydrogen-bond acceptors (Lipinski definition) is 8. The first kappa shape index (κ1) is 19.7. The summed E-state index contributed by atoms with van der Waals surface area (Å²) in [5, 5.41) is 24.0. The normalized spacial score (nSPS) is 12.8. The van der Waals surface area contributed by atoms with E-state index in [0.29, 0.717) is 16.4 Å². The SMILES string of the molecule is CS(=O)(=O)c1ccc(-c2csc(N=C(NO)C(=NO)c3ccccc3)n2)cc1. The summed E-state index contributed by atoms with van der Waals surface area (Å²) in [5.41, 5.74) is 3.86. The van der Waals surface area contributed by atoms with E-state index in [1.807, 2.05) is 11.5 Å². The number of benzene rings is 2. The molecule has 0 spiro atoms. The number of aliphatic imine (C=N–C) groups is 1. The van der Waals surface area contributed by atoms with Crippen LogP contribution in [0.15, 0.2) is 75.0 Å². The summed E-state index contributed by atoms with van der Waals surface area (Å²) in [7, 11) is -3.27. The lowest BCUT2D eigenvalue weighted by molar-refractivity contribution is 0.236. The van der Waals surface area contributed by atoms with Crippen molar-refractivity contribution in [3.05, 3.63) is 65.5 Å². The predicted molar refractivity (Wildman–Crippen MR) is 107 cm³/mol. The number of nitrogens with zero attached hydrogens (tertiary/aromatic N) is 3. The molecular formula is C18H16N4O4S2. The highest BCUT2D eigenvalue weighted by Gasteiger charge is 2.14. The highest BCUT2D eigenvalue weighted by molar-refractivity contribution is 7.90. The highest BCUT2D eigenvalue weighted by atomic mass is 32.2. The number of oxime groups is 1. The molecule has 0 saturated carbocycles. The maximum absolute atomic E-state index is 11.6. The van der Waals surface area contributed by atoms with E-state index in [1.54, 1.807) is 41.8 Å². The van der Waals surface area contributed by atoms with E-state index in [9.17, 15) is 18.8 Å². The maximum Gasteiger partial charge on any atom is 0.211 e. The second-order valence-corrected chi connectivity index (χ2v) is 8.55. The molecule has 10 heteroatoms. The molecule has 144 valence electrons. The van der Waals surface area contributed by atoms with Crippen LogP contribution in [-0.2, 0) is 9.84 Å². The molecule has 0 unspecified atom stereocenters. The smallest absolute Gasteiger partial charge is 0.211 e. The van der Waals surface area contributed by atoms with E-state index in [4.69, 9.17) is 0 Å². The van der Waals surface area contributed by atoms with Crippen LogP contribution in [0.3, 0.4) is 0 Å². The monoisotopic (exact) mass is 416 g/mol. The van der Waals surface area contributed by atoms with Crippen LogP contribution in [0, 0.1) is 0 Å². The van der Waals surface area contributed by atoms with Gasteiger partial charge in [-0.3, -0.25) is 10.7 Å². The second kappa shape index (κ2) is 8.30. The number of hydroxylamine groups is 1. The van der Waals surface area contributed by atoms with Gasteiger partial charge in [-0.1, -0.05) is 47.6 Å². The standard InChI is InChI=1S/C18H16N4O4S2/c1-28(25,26)14-9-7-12(8-10-14)15-11-27-18(19-15)20-17(22-24)16(21-23)13-5-3-2-4-6-13/h2-11,23-24H,1H3,(H,19,20,22). The van der Waals surface area contributed by atoms with Crippen LogP contribution in [0.1, 0.15) is 5.56 Å². The Morgan fingerprint density at radius 1 is 1.11 bits per heavy atom. The Morgan fingerprint density at radius 3 is 2.36 bits per heavy atom. The average Bonchev–Trinajstić information content (AvgIpc) is 3.16. The van der Waals surface area contributed by atoms with Crippen molar-refractivity contribution < 1.29 is 18.8 Å². The number of hydrogen-bond donors (Lipinski definition) is 3. The Hall–Kier alpha value is -3.08. The molecule has 0 bridgehead atoms. The summed E-state index contributed by atoms with van der Waals surface area (Å²) in [6.07, 6.45) is 1.15. The van der Waals surface area contributed by atoms with Gasteiger partial charge in [0, 0.05) is 22.8 Å². The molecule has 0 atom stereocenters. The van der Waals surface area contributed by atoms with Crippen LogP contribution in [-0.4, -0.2) is 41.6 Å². The van der Waals surface area contributed by atoms with E-state index in [2.05, 4.69) is 15.1 Å². The Morgan fingerprint density at radius 2 is 1.79 bits per heavy atom. The largest absolute Gasteiger partial charge is 0.410 e. The zero-order chi connectivity index (χ0) is 20.1. The van der Waals surface area contributed by atoms with Gasteiger partial charge in [-0.05, 0) is 12.1 Å². The van der Waals surface area contributed by atoms with Gasteiger partial charge in [0.25, 0.3) is 0 Å². The zero-order valence-electron chi connectivity index (χ0n) is 14.6. The number of nitrogens with one attached hydrogen (secondary N) is 1. The van der Waals surface area contributed by atoms with Crippen molar-refractivity contribution in [1.82, 2.24) is 10.5 Å². The molecule has 0 amide bonds. The number of thiazole rings is 1. The Labute approximate surface area is 165 Å². The van der Waals surface area contributed by atoms with Gasteiger partial charge in [0.1, 0.15) is 0 Å². The van der Waals surface area contributed by atoms with Gasteiger partial charge in [0.05, 0.1) is 10.6 Å². The molecule has 0 aliphatic rings. The van der Waals surface area contributed by atoms with Crippen molar-refractivity contribution in [3.8, 4) is 11.3 Å². The second-order valence-electron chi connectivity index (χ2n) is 5.70. The average molecular weight is 416 g/mol. The molecule has 0 saturated heterocycles. The van der Waals surface area contributed by atoms with E-state index in [1.165, 1.54) is 23.5 Å². The molecular weight excluding hydrogens is 400 g/mol. The summed E-state index contributed by atoms with van der Waals surface area (Å²) in [6, 6.07) is 15.1. The summed E-state index contributed by atoms with van der Waals surface area (Å²) >= 11 is 1.22. The first-order chi connectivity index (χ1) is 13.4. The molecule has 8 nitrogen and oxygen atoms in total. The molecule has 1 heterocycles. The molecule has 28 heavy (non-hydrogen) atoms. The topological polar surface area (TPSA) is 124 Å². The van der Waals surface area contributed by atoms with E-state index in [-0.39, 0.29) is 16.4 Å². The quantitative estimate of drug-likeness (QED) is 0.254. The molecule has 3 N–H and O–H groups in total. The minimum absolute atomic E-state index is 0.0531. The van der Waals surface area contributed by atoms with Gasteiger partial charge in [0.2, 0.25) is 5.13 Å². The fraction of sp³-hybridized carbons (Fsp3) is 0.0556. The van der Waals surface area contributed by atoms with E-state index >= 15 is 0 Å². The van der Waals surface area contributed by atoms with Gasteiger partial charge in [-0.25, -0.2) is 13.4 Å². The van der Waals surface area contributed by atoms with Gasteiger partial charge in [-0.2, -0.15) is 4.99 Å². The van der Waals surface area contributed by atoms with Gasteiger partial charge < -0.3 is 5.21 Å². The lowest BCUT2D eigenvalue weighted by Gasteiger charge is -2.06. The Kier molecular flexibility index (Phi) is 5.83. The highest BCUT2D eigenvalue weighted by Crippen LogP contribution is 2.27. The molecule has 0 fully saturated rings. The van der Waals surface area contributed by atoms with Crippen molar-refractivity contribution in [2.75, 3.05) is 6.26 Å². The third-order valence-electron chi connectivity index (χ3n) is 3.76. The molecule has 0 aliphatic heterocycles. The maximum atomic E-state index is 11.6. The van der Waals surface area contributed by atoms with Crippen LogP contribution in [0.25, 0.3) is 11.3 Å². The number of amidine groups is 1. The summed E-state index contributed by atoms with van der Waals surface area (Å²) in [6.45, 7) is 0.